The van der Waals surface area contributed by atoms with Gasteiger partial charge in [0.2, 0.25) is 0 Å². The summed E-state index contributed by atoms with van der Waals surface area (Å²) < 4.78 is 34.3. The predicted octanol–water partition coefficient (Wildman–Crippen LogP) is 11.6. The van der Waals surface area contributed by atoms with Gasteiger partial charge in [-0.05, 0) is 25.3 Å². The van der Waals surface area contributed by atoms with Gasteiger partial charge in [-0.3, -0.25) is 9.36 Å². The molecule has 0 aromatic heterocycles. The molecule has 0 radical (unpaired) electrons. The Labute approximate surface area is 310 Å². The lowest BCUT2D eigenvalue weighted by molar-refractivity contribution is -0.870. The number of quaternary nitrogens is 1. The van der Waals surface area contributed by atoms with E-state index in [1.165, 1.54) is 141 Å². The normalized spacial score (nSPS) is 13.9. The zero-order valence-electron chi connectivity index (χ0n) is 33.6. The molecule has 0 N–H and O–H groups in total. The van der Waals surface area contributed by atoms with Crippen molar-refractivity contribution in [3.8, 4) is 0 Å². The lowest BCUT2D eigenvalue weighted by Crippen LogP contribution is -2.37. The number of rotatable bonds is 39. The summed E-state index contributed by atoms with van der Waals surface area (Å²) in [5, 5.41) is 0. The molecule has 0 aliphatic rings. The molecule has 2 atom stereocenters. The minimum absolute atomic E-state index is 0.0200. The van der Waals surface area contributed by atoms with Crippen molar-refractivity contribution in [3.05, 3.63) is 12.3 Å². The van der Waals surface area contributed by atoms with Gasteiger partial charge in [-0.15, -0.1) is 0 Å². The highest BCUT2D eigenvalue weighted by Gasteiger charge is 2.20. The van der Waals surface area contributed by atoms with Crippen LogP contribution in [0.15, 0.2) is 12.3 Å². The number of phosphoric ester groups is 1. The van der Waals surface area contributed by atoms with Crippen LogP contribution in [0.1, 0.15) is 194 Å². The van der Waals surface area contributed by atoms with Crippen molar-refractivity contribution in [1.82, 2.24) is 0 Å². The van der Waals surface area contributed by atoms with E-state index in [1.54, 1.807) is 6.26 Å². The van der Waals surface area contributed by atoms with Crippen LogP contribution in [0.2, 0.25) is 0 Å². The van der Waals surface area contributed by atoms with E-state index < -0.39 is 13.9 Å². The van der Waals surface area contributed by atoms with Gasteiger partial charge < -0.3 is 27.9 Å². The van der Waals surface area contributed by atoms with Crippen LogP contribution in [-0.2, 0) is 27.9 Å². The van der Waals surface area contributed by atoms with E-state index in [-0.39, 0.29) is 25.8 Å². The highest BCUT2D eigenvalue weighted by atomic mass is 31.2. The quantitative estimate of drug-likeness (QED) is 0.0204. The third kappa shape index (κ3) is 38.3. The molecule has 0 aliphatic carbocycles. The topological polar surface area (TPSA) is 94.1 Å². The summed E-state index contributed by atoms with van der Waals surface area (Å²) >= 11 is 0. The lowest BCUT2D eigenvalue weighted by atomic mass is 10.0. The molecule has 0 spiro atoms. The molecule has 0 rings (SSSR count). The van der Waals surface area contributed by atoms with Crippen LogP contribution in [0.3, 0.4) is 0 Å². The van der Waals surface area contributed by atoms with Crippen molar-refractivity contribution in [2.24, 2.45) is 0 Å². The second-order valence-electron chi connectivity index (χ2n) is 15.4. The second kappa shape index (κ2) is 35.1. The lowest BCUT2D eigenvalue weighted by Gasteiger charge is -2.28. The number of likely N-dealkylation sites (N-methyl/N-ethyl adjacent to an activating group) is 1. The summed E-state index contributed by atoms with van der Waals surface area (Å²) in [6.07, 6.45) is 37.4. The second-order valence-corrected chi connectivity index (χ2v) is 16.8. The fourth-order valence-corrected chi connectivity index (χ4v) is 6.59. The van der Waals surface area contributed by atoms with Crippen LogP contribution in [-0.4, -0.2) is 64.1 Å². The molecule has 1 unspecified atom stereocenters. The molecule has 0 saturated heterocycles. The van der Waals surface area contributed by atoms with E-state index in [0.29, 0.717) is 17.4 Å². The predicted molar refractivity (Wildman–Crippen MR) is 208 cm³/mol. The van der Waals surface area contributed by atoms with Crippen molar-refractivity contribution in [3.63, 3.8) is 0 Å². The molecule has 298 valence electrons. The highest BCUT2D eigenvalue weighted by Crippen LogP contribution is 2.38. The van der Waals surface area contributed by atoms with Gasteiger partial charge in [-0.25, -0.2) is 0 Å². The van der Waals surface area contributed by atoms with Gasteiger partial charge in [0.25, 0.3) is 7.82 Å². The molecule has 0 bridgehead atoms. The number of nitrogens with zero attached hydrogens (tertiary/aromatic N) is 1. The third-order valence-electron chi connectivity index (χ3n) is 9.16. The summed E-state index contributed by atoms with van der Waals surface area (Å²) in [7, 11) is 1.33. The minimum atomic E-state index is -4.53. The molecule has 0 saturated carbocycles. The summed E-state index contributed by atoms with van der Waals surface area (Å²) in [5.74, 6) is -0.354. The molecule has 0 heterocycles. The Hall–Kier alpha value is -0.920. The molecular formula is C41H82NO7P. The Morgan fingerprint density at radius 3 is 1.48 bits per heavy atom. The van der Waals surface area contributed by atoms with Crippen molar-refractivity contribution in [2.45, 2.75) is 200 Å². The number of carbonyl (C=O) groups is 1. The monoisotopic (exact) mass is 732 g/mol. The molecule has 0 amide bonds. The number of carbonyl (C=O) groups excluding carboxylic acids is 1. The van der Waals surface area contributed by atoms with Crippen LogP contribution in [0.25, 0.3) is 0 Å². The van der Waals surface area contributed by atoms with Gasteiger partial charge >= 0.3 is 5.97 Å². The fraction of sp³-hybridized carbons (Fsp3) is 0.927. The van der Waals surface area contributed by atoms with Crippen LogP contribution < -0.4 is 4.89 Å². The third-order valence-corrected chi connectivity index (χ3v) is 10.1. The maximum atomic E-state index is 12.6. The number of phosphoric acid groups is 1. The van der Waals surface area contributed by atoms with Gasteiger partial charge in [-0.1, -0.05) is 168 Å². The van der Waals surface area contributed by atoms with Gasteiger partial charge in [0, 0.05) is 6.42 Å². The number of hydrogen-bond donors (Lipinski definition) is 0. The number of unbranched alkanes of at least 4 members (excludes halogenated alkanes) is 25. The van der Waals surface area contributed by atoms with Crippen LogP contribution >= 0.6 is 7.82 Å². The average molecular weight is 732 g/mol. The van der Waals surface area contributed by atoms with Crippen molar-refractivity contribution < 1.29 is 37.3 Å². The van der Waals surface area contributed by atoms with Crippen LogP contribution in [0, 0.1) is 0 Å². The SMILES string of the molecule is CCCCCCCCCCCCCCCC/C=C\OC[C@H](COP(=O)([O-])OCC[N+](C)(C)C)OC(=O)CCCCCCCCCCCCCC. The van der Waals surface area contributed by atoms with Crippen molar-refractivity contribution in [2.75, 3.05) is 47.5 Å². The molecule has 0 aromatic rings. The number of hydrogen-bond acceptors (Lipinski definition) is 7. The van der Waals surface area contributed by atoms with Gasteiger partial charge in [0.1, 0.15) is 19.8 Å². The summed E-state index contributed by atoms with van der Waals surface area (Å²) in [4.78, 5) is 24.9. The standard InChI is InChI=1S/C41H82NO7P/c1-6-8-10-12-14-16-18-20-21-22-23-25-27-29-31-33-36-46-38-40(39-48-50(44,45)47-37-35-42(3,4)5)49-41(43)34-32-30-28-26-24-19-17-15-13-11-9-7-2/h33,36,40H,6-32,34-35,37-39H2,1-5H3/b36-33-/t40-/m1/s1. The first-order chi connectivity index (χ1) is 24.1. The van der Waals surface area contributed by atoms with Crippen molar-refractivity contribution >= 4 is 13.8 Å². The largest absolute Gasteiger partial charge is 0.756 e. The molecule has 50 heavy (non-hydrogen) atoms. The van der Waals surface area contributed by atoms with E-state index in [2.05, 4.69) is 13.8 Å². The maximum absolute atomic E-state index is 12.6. The molecule has 0 aromatic carbocycles. The van der Waals surface area contributed by atoms with Crippen LogP contribution in [0.4, 0.5) is 0 Å². The number of esters is 1. The Bertz CT molecular complexity index is 817. The van der Waals surface area contributed by atoms with Gasteiger partial charge in [0.15, 0.2) is 6.10 Å². The minimum Gasteiger partial charge on any atom is -0.756 e. The Kier molecular flexibility index (Phi) is 34.5. The Balaban J connectivity index is 4.27. The zero-order chi connectivity index (χ0) is 37.0. The summed E-state index contributed by atoms with van der Waals surface area (Å²) in [6.45, 7) is 4.75. The van der Waals surface area contributed by atoms with E-state index in [1.807, 2.05) is 27.2 Å². The molecule has 0 aliphatic heterocycles. The summed E-state index contributed by atoms with van der Waals surface area (Å²) in [5.41, 5.74) is 0. The average Bonchev–Trinajstić information content (AvgIpc) is 3.06. The fourth-order valence-electron chi connectivity index (χ4n) is 5.87. The first kappa shape index (κ1) is 49.1. The molecule has 9 heteroatoms. The van der Waals surface area contributed by atoms with Crippen molar-refractivity contribution in [1.29, 1.82) is 0 Å². The van der Waals surface area contributed by atoms with Gasteiger partial charge in [-0.2, -0.15) is 0 Å². The number of allylic oxidation sites excluding steroid dienone is 1. The van der Waals surface area contributed by atoms with E-state index in [4.69, 9.17) is 18.5 Å². The molecule has 0 fully saturated rings. The summed E-state index contributed by atoms with van der Waals surface area (Å²) in [6, 6.07) is 0. The van der Waals surface area contributed by atoms with Gasteiger partial charge in [0.05, 0.1) is 34.0 Å². The van der Waals surface area contributed by atoms with Crippen LogP contribution in [0.5, 0.6) is 0 Å². The Morgan fingerprint density at radius 2 is 1.04 bits per heavy atom. The molecule has 8 nitrogen and oxygen atoms in total. The first-order valence-corrected chi connectivity index (χ1v) is 22.4. The van der Waals surface area contributed by atoms with E-state index >= 15 is 0 Å². The first-order valence-electron chi connectivity index (χ1n) is 21.0. The maximum Gasteiger partial charge on any atom is 0.306 e. The number of ether oxygens (including phenoxy) is 2. The Morgan fingerprint density at radius 1 is 0.620 bits per heavy atom. The highest BCUT2D eigenvalue weighted by molar-refractivity contribution is 7.45. The molecular weight excluding hydrogens is 649 g/mol. The van der Waals surface area contributed by atoms with E-state index in [0.717, 1.165) is 32.1 Å². The zero-order valence-corrected chi connectivity index (χ0v) is 34.5. The van der Waals surface area contributed by atoms with E-state index in [9.17, 15) is 14.3 Å². The smallest absolute Gasteiger partial charge is 0.306 e.